The Morgan fingerprint density at radius 1 is 1.31 bits per heavy atom. The van der Waals surface area contributed by atoms with Crippen molar-refractivity contribution in [2.24, 2.45) is 11.8 Å². The Bertz CT molecular complexity index is 985. The summed E-state index contributed by atoms with van der Waals surface area (Å²) in [5, 5.41) is 22.9. The molecular formula is C24H31ClN6O. The van der Waals surface area contributed by atoms with Crippen molar-refractivity contribution in [2.45, 2.75) is 32.7 Å². The van der Waals surface area contributed by atoms with Crippen molar-refractivity contribution in [3.63, 3.8) is 0 Å². The van der Waals surface area contributed by atoms with Gasteiger partial charge in [0, 0.05) is 31.2 Å². The molecule has 2 aromatic rings. The van der Waals surface area contributed by atoms with Crippen molar-refractivity contribution in [1.82, 2.24) is 14.9 Å². The molecule has 7 nitrogen and oxygen atoms in total. The van der Waals surface area contributed by atoms with Gasteiger partial charge in [0.1, 0.15) is 11.9 Å². The number of piperidine rings is 1. The fraction of sp³-hybridized carbons (Fsp3) is 0.542. The van der Waals surface area contributed by atoms with Crippen molar-refractivity contribution in [1.29, 1.82) is 5.26 Å². The van der Waals surface area contributed by atoms with E-state index in [0.717, 1.165) is 49.7 Å². The average molecular weight is 455 g/mol. The maximum atomic E-state index is 9.53. The molecule has 8 heteroatoms. The van der Waals surface area contributed by atoms with Crippen molar-refractivity contribution in [2.75, 3.05) is 49.5 Å². The number of nitriles is 1. The zero-order valence-electron chi connectivity index (χ0n) is 18.8. The summed E-state index contributed by atoms with van der Waals surface area (Å²) in [6, 6.07) is 7.94. The molecule has 4 rings (SSSR count). The number of nitrogens with zero attached hydrogens (tertiary/aromatic N) is 5. The van der Waals surface area contributed by atoms with Crippen LogP contribution in [0.1, 0.15) is 42.6 Å². The van der Waals surface area contributed by atoms with Gasteiger partial charge in [0.25, 0.3) is 0 Å². The molecule has 0 spiro atoms. The third-order valence-corrected chi connectivity index (χ3v) is 7.01. The van der Waals surface area contributed by atoms with E-state index < -0.39 is 0 Å². The standard InChI is InChI=1S/C24H31ClN6O/c1-16-10-20(25)5-6-21(16)17(2)28-24-22(11-26)27-12-23(29-24)31-14-19(15-31)18-4-3-7-30(13-18)8-9-32/h5-6,10,12,17-19,32H,3-4,7-9,13-15H2,1-2H3,(H,28,29)/t17-,18+/m1/s1. The fourth-order valence-electron chi connectivity index (χ4n) is 4.94. The lowest BCUT2D eigenvalue weighted by Gasteiger charge is -2.47. The smallest absolute Gasteiger partial charge is 0.183 e. The van der Waals surface area contributed by atoms with Crippen molar-refractivity contribution < 1.29 is 5.11 Å². The van der Waals surface area contributed by atoms with Crippen LogP contribution in [0.5, 0.6) is 0 Å². The molecule has 0 saturated carbocycles. The van der Waals surface area contributed by atoms with Gasteiger partial charge in [-0.05, 0) is 68.3 Å². The van der Waals surface area contributed by atoms with Crippen LogP contribution in [-0.2, 0) is 0 Å². The molecule has 0 aliphatic carbocycles. The van der Waals surface area contributed by atoms with Gasteiger partial charge in [-0.2, -0.15) is 5.26 Å². The SMILES string of the molecule is Cc1cc(Cl)ccc1[C@@H](C)Nc1nc(N2CC([C@H]3CCCN(CCO)C3)C2)cnc1C#N. The zero-order chi connectivity index (χ0) is 22.7. The monoisotopic (exact) mass is 454 g/mol. The highest BCUT2D eigenvalue weighted by Crippen LogP contribution is 2.34. The summed E-state index contributed by atoms with van der Waals surface area (Å²) in [6.45, 7) is 9.17. The Morgan fingerprint density at radius 2 is 2.12 bits per heavy atom. The van der Waals surface area contributed by atoms with E-state index in [1.54, 1.807) is 6.20 Å². The third kappa shape index (κ3) is 4.98. The van der Waals surface area contributed by atoms with Gasteiger partial charge < -0.3 is 20.2 Å². The first-order valence-corrected chi connectivity index (χ1v) is 11.7. The van der Waals surface area contributed by atoms with Crippen LogP contribution in [0.25, 0.3) is 0 Å². The second-order valence-electron chi connectivity index (χ2n) is 9.00. The maximum Gasteiger partial charge on any atom is 0.183 e. The van der Waals surface area contributed by atoms with Crippen molar-refractivity contribution in [3.8, 4) is 6.07 Å². The molecule has 2 atom stereocenters. The Kier molecular flexibility index (Phi) is 7.14. The Hall–Kier alpha value is -2.40. The quantitative estimate of drug-likeness (QED) is 0.660. The van der Waals surface area contributed by atoms with E-state index in [1.807, 2.05) is 32.0 Å². The van der Waals surface area contributed by atoms with E-state index in [4.69, 9.17) is 16.6 Å². The van der Waals surface area contributed by atoms with E-state index in [-0.39, 0.29) is 12.6 Å². The van der Waals surface area contributed by atoms with Crippen LogP contribution in [0.3, 0.4) is 0 Å². The lowest BCUT2D eigenvalue weighted by atomic mass is 9.80. The molecule has 1 aromatic heterocycles. The van der Waals surface area contributed by atoms with Gasteiger partial charge in [-0.25, -0.2) is 9.97 Å². The normalized spacial score (nSPS) is 20.5. The number of aliphatic hydroxyl groups is 1. The summed E-state index contributed by atoms with van der Waals surface area (Å²) < 4.78 is 0. The van der Waals surface area contributed by atoms with Crippen LogP contribution in [0, 0.1) is 30.1 Å². The number of rotatable bonds is 7. The molecule has 2 saturated heterocycles. The molecular weight excluding hydrogens is 424 g/mol. The summed E-state index contributed by atoms with van der Waals surface area (Å²) in [6.07, 6.45) is 4.16. The van der Waals surface area contributed by atoms with Crippen LogP contribution < -0.4 is 10.2 Å². The summed E-state index contributed by atoms with van der Waals surface area (Å²) in [4.78, 5) is 13.8. The second-order valence-corrected chi connectivity index (χ2v) is 9.43. The van der Waals surface area contributed by atoms with Crippen LogP contribution >= 0.6 is 11.6 Å². The van der Waals surface area contributed by atoms with Gasteiger partial charge in [0.2, 0.25) is 0 Å². The van der Waals surface area contributed by atoms with Gasteiger partial charge in [0.15, 0.2) is 11.5 Å². The number of hydrogen-bond acceptors (Lipinski definition) is 7. The van der Waals surface area contributed by atoms with Crippen LogP contribution in [0.15, 0.2) is 24.4 Å². The number of halogens is 1. The number of anilines is 2. The number of β-amino-alcohol motifs (C(OH)–C–C–N with tert-alkyl or cyclic N) is 1. The zero-order valence-corrected chi connectivity index (χ0v) is 19.5. The number of nitrogens with one attached hydrogen (secondary N) is 1. The fourth-order valence-corrected chi connectivity index (χ4v) is 5.17. The molecule has 0 bridgehead atoms. The third-order valence-electron chi connectivity index (χ3n) is 6.78. The second kappa shape index (κ2) is 10.0. The Labute approximate surface area is 195 Å². The Balaban J connectivity index is 1.42. The highest BCUT2D eigenvalue weighted by atomic mass is 35.5. The first kappa shape index (κ1) is 22.8. The molecule has 2 N–H and O–H groups in total. The predicted octanol–water partition coefficient (Wildman–Crippen LogP) is 3.62. The first-order valence-electron chi connectivity index (χ1n) is 11.4. The van der Waals surface area contributed by atoms with E-state index >= 15 is 0 Å². The van der Waals surface area contributed by atoms with Crippen molar-refractivity contribution >= 4 is 23.2 Å². The van der Waals surface area contributed by atoms with Gasteiger partial charge >= 0.3 is 0 Å². The first-order chi connectivity index (χ1) is 15.5. The highest BCUT2D eigenvalue weighted by molar-refractivity contribution is 6.30. The lowest BCUT2D eigenvalue weighted by Crippen LogP contribution is -2.54. The largest absolute Gasteiger partial charge is 0.395 e. The Morgan fingerprint density at radius 3 is 2.84 bits per heavy atom. The molecule has 0 amide bonds. The lowest BCUT2D eigenvalue weighted by molar-refractivity contribution is 0.101. The topological polar surface area (TPSA) is 88.3 Å². The molecule has 1 aromatic carbocycles. The number of aromatic nitrogens is 2. The van der Waals surface area contributed by atoms with Gasteiger partial charge in [0.05, 0.1) is 18.8 Å². The minimum absolute atomic E-state index is 0.0344. The summed E-state index contributed by atoms with van der Waals surface area (Å²) >= 11 is 6.09. The van der Waals surface area contributed by atoms with E-state index in [1.165, 1.54) is 12.8 Å². The molecule has 3 heterocycles. The average Bonchev–Trinajstić information content (AvgIpc) is 2.73. The van der Waals surface area contributed by atoms with E-state index in [2.05, 4.69) is 26.2 Å². The van der Waals surface area contributed by atoms with E-state index in [9.17, 15) is 10.4 Å². The van der Waals surface area contributed by atoms with Crippen LogP contribution in [0.4, 0.5) is 11.6 Å². The van der Waals surface area contributed by atoms with Gasteiger partial charge in [-0.3, -0.25) is 0 Å². The summed E-state index contributed by atoms with van der Waals surface area (Å²) in [5.41, 5.74) is 2.50. The van der Waals surface area contributed by atoms with Crippen LogP contribution in [-0.4, -0.2) is 59.3 Å². The van der Waals surface area contributed by atoms with Gasteiger partial charge in [-0.1, -0.05) is 17.7 Å². The molecule has 2 fully saturated rings. The minimum atomic E-state index is -0.0344. The molecule has 0 radical (unpaired) electrons. The number of aliphatic hydroxyl groups excluding tert-OH is 1. The molecule has 0 unspecified atom stereocenters. The minimum Gasteiger partial charge on any atom is -0.395 e. The molecule has 32 heavy (non-hydrogen) atoms. The van der Waals surface area contributed by atoms with E-state index in [0.29, 0.717) is 28.4 Å². The van der Waals surface area contributed by atoms with Crippen LogP contribution in [0.2, 0.25) is 5.02 Å². The number of aryl methyl sites for hydroxylation is 1. The highest BCUT2D eigenvalue weighted by Gasteiger charge is 2.36. The summed E-state index contributed by atoms with van der Waals surface area (Å²) in [7, 11) is 0. The van der Waals surface area contributed by atoms with Crippen molar-refractivity contribution in [3.05, 3.63) is 46.2 Å². The number of benzene rings is 1. The summed E-state index contributed by atoms with van der Waals surface area (Å²) in [5.74, 6) is 2.64. The number of hydrogen-bond donors (Lipinski definition) is 2. The molecule has 2 aliphatic rings. The molecule has 2 aliphatic heterocycles. The maximum absolute atomic E-state index is 9.53. The number of likely N-dealkylation sites (tertiary alicyclic amines) is 1. The van der Waals surface area contributed by atoms with Gasteiger partial charge in [-0.15, -0.1) is 0 Å². The molecule has 170 valence electrons. The predicted molar refractivity (Wildman–Crippen MR) is 127 cm³/mol.